The Balaban J connectivity index is 1.25. The third kappa shape index (κ3) is 4.01. The molecule has 0 radical (unpaired) electrons. The Labute approximate surface area is 233 Å². The highest BCUT2D eigenvalue weighted by Crippen LogP contribution is 2.67. The van der Waals surface area contributed by atoms with Crippen LogP contribution in [0.3, 0.4) is 0 Å². The summed E-state index contributed by atoms with van der Waals surface area (Å²) in [6.45, 7) is 6.81. The average molecular weight is 548 g/mol. The molecule has 2 N–H and O–H groups in total. The van der Waals surface area contributed by atoms with Gasteiger partial charge in [-0.3, -0.25) is 9.48 Å². The fourth-order valence-corrected chi connectivity index (χ4v) is 9.62. The van der Waals surface area contributed by atoms with Crippen LogP contribution in [0.15, 0.2) is 29.2 Å². The third-order valence-corrected chi connectivity index (χ3v) is 11.5. The summed E-state index contributed by atoms with van der Waals surface area (Å²) >= 11 is 1.28. The Morgan fingerprint density at radius 3 is 2.92 bits per heavy atom. The van der Waals surface area contributed by atoms with E-state index in [0.717, 1.165) is 37.1 Å². The van der Waals surface area contributed by atoms with Crippen LogP contribution in [-0.2, 0) is 17.8 Å². The minimum atomic E-state index is -1.46. The van der Waals surface area contributed by atoms with Crippen molar-refractivity contribution in [2.24, 2.45) is 28.6 Å². The van der Waals surface area contributed by atoms with Crippen molar-refractivity contribution in [3.05, 3.63) is 41.0 Å². The molecule has 4 aliphatic rings. The van der Waals surface area contributed by atoms with E-state index in [1.165, 1.54) is 22.9 Å². The fraction of sp³-hybridized carbons (Fsp3) is 0.633. The number of aliphatic hydroxyl groups excluding tert-OH is 1. The Morgan fingerprint density at radius 2 is 2.15 bits per heavy atom. The number of Topliss-reactive ketones (excluding diaryl/α,β-unsaturated/α-hetero) is 1. The number of hydrogen-bond donors (Lipinski definition) is 2. The highest BCUT2D eigenvalue weighted by Gasteiger charge is 2.68. The highest BCUT2D eigenvalue weighted by molar-refractivity contribution is 7.99. The van der Waals surface area contributed by atoms with Crippen molar-refractivity contribution >= 4 is 23.6 Å². The highest BCUT2D eigenvalue weighted by atomic mass is 32.2. The third-order valence-electron chi connectivity index (χ3n) is 10.7. The minimum absolute atomic E-state index is 0.0682. The summed E-state index contributed by atoms with van der Waals surface area (Å²) in [6, 6.07) is 4.03. The molecule has 7 atom stereocenters. The van der Waals surface area contributed by atoms with Crippen molar-refractivity contribution in [2.45, 2.75) is 89.1 Å². The van der Waals surface area contributed by atoms with E-state index in [9.17, 15) is 15.0 Å². The van der Waals surface area contributed by atoms with Gasteiger partial charge in [0.1, 0.15) is 5.60 Å². The number of carbonyl (C=O) groups excluding carboxylic acids is 1. The predicted octanol–water partition coefficient (Wildman–Crippen LogP) is 4.14. The average Bonchev–Trinajstić information content (AvgIpc) is 3.41. The van der Waals surface area contributed by atoms with Crippen molar-refractivity contribution < 1.29 is 15.0 Å². The van der Waals surface area contributed by atoms with Crippen LogP contribution >= 0.6 is 11.8 Å². The summed E-state index contributed by atoms with van der Waals surface area (Å²) in [7, 11) is 0. The molecule has 2 aromatic heterocycles. The van der Waals surface area contributed by atoms with Gasteiger partial charge < -0.3 is 10.2 Å². The Hall–Kier alpha value is -2.54. The number of rotatable bonds is 6. The Morgan fingerprint density at radius 1 is 1.33 bits per heavy atom. The van der Waals surface area contributed by atoms with Gasteiger partial charge in [0.25, 0.3) is 0 Å². The van der Waals surface area contributed by atoms with Gasteiger partial charge in [0, 0.05) is 17.3 Å². The molecule has 0 aliphatic heterocycles. The number of aliphatic hydroxyl groups is 2. The predicted molar refractivity (Wildman–Crippen MR) is 147 cm³/mol. The van der Waals surface area contributed by atoms with Gasteiger partial charge in [-0.2, -0.15) is 10.4 Å². The first-order valence-electron chi connectivity index (χ1n) is 14.1. The molecule has 6 rings (SSSR count). The zero-order valence-electron chi connectivity index (χ0n) is 22.9. The number of thioether (sulfide) groups is 1. The summed E-state index contributed by atoms with van der Waals surface area (Å²) in [5.74, 6) is 0.431. The summed E-state index contributed by atoms with van der Waals surface area (Å²) in [4.78, 5) is 22.3. The van der Waals surface area contributed by atoms with Crippen molar-refractivity contribution in [2.75, 3.05) is 5.75 Å². The lowest BCUT2D eigenvalue weighted by Crippen LogP contribution is -2.62. The zero-order chi connectivity index (χ0) is 27.6. The number of nitrogens with zero attached hydrogens (tertiary/aromatic N) is 5. The first-order valence-corrected chi connectivity index (χ1v) is 15.1. The van der Waals surface area contributed by atoms with Crippen molar-refractivity contribution in [1.29, 1.82) is 5.26 Å². The van der Waals surface area contributed by atoms with Gasteiger partial charge in [-0.15, -0.1) is 0 Å². The quantitative estimate of drug-likeness (QED) is 0.408. The monoisotopic (exact) mass is 547 g/mol. The summed E-state index contributed by atoms with van der Waals surface area (Å²) < 4.78 is 1.94. The molecule has 9 heteroatoms. The lowest BCUT2D eigenvalue weighted by Gasteiger charge is -2.60. The second kappa shape index (κ2) is 9.53. The van der Waals surface area contributed by atoms with E-state index in [0.29, 0.717) is 31.0 Å². The Bertz CT molecular complexity index is 1380. The van der Waals surface area contributed by atoms with Gasteiger partial charge in [-0.1, -0.05) is 31.2 Å². The van der Waals surface area contributed by atoms with Gasteiger partial charge in [0.15, 0.2) is 10.9 Å². The van der Waals surface area contributed by atoms with E-state index in [2.05, 4.69) is 34.1 Å². The smallest absolute Gasteiger partial charge is 0.188 e. The van der Waals surface area contributed by atoms with E-state index in [4.69, 9.17) is 5.26 Å². The van der Waals surface area contributed by atoms with E-state index in [-0.39, 0.29) is 34.7 Å². The van der Waals surface area contributed by atoms with Crippen LogP contribution in [-0.4, -0.2) is 53.2 Å². The van der Waals surface area contributed by atoms with Crippen molar-refractivity contribution in [3.63, 3.8) is 0 Å². The van der Waals surface area contributed by atoms with Crippen LogP contribution in [0.25, 0.3) is 6.08 Å². The van der Waals surface area contributed by atoms with E-state index < -0.39 is 17.1 Å². The molecule has 7 unspecified atom stereocenters. The largest absolute Gasteiger partial charge is 0.393 e. The Kier molecular flexibility index (Phi) is 6.52. The normalized spacial score (nSPS) is 36.7. The van der Waals surface area contributed by atoms with E-state index in [1.807, 2.05) is 30.8 Å². The number of ketones is 1. The van der Waals surface area contributed by atoms with Crippen LogP contribution in [0.5, 0.6) is 0 Å². The number of allylic oxidation sites excluding steroid dienone is 1. The molecule has 2 aromatic rings. The summed E-state index contributed by atoms with van der Waals surface area (Å²) in [6.07, 6.45) is 10.1. The second-order valence-corrected chi connectivity index (χ2v) is 13.5. The van der Waals surface area contributed by atoms with Crippen LogP contribution in [0.1, 0.15) is 69.3 Å². The molecule has 0 amide bonds. The number of carbonyl (C=O) groups is 1. The van der Waals surface area contributed by atoms with Crippen molar-refractivity contribution in [1.82, 2.24) is 19.7 Å². The number of hydrogen-bond acceptors (Lipinski definition) is 8. The standard InChI is InChI=1S/C30H37N5O3S/c1-18-8-11-32-27(34-18)39-17-25(37)30(38)9-7-22-21-6-5-20-13-23-19(16-33-35(23)12-4-10-31)14-28(20,2)26(21)24(36)15-29(22,30)3/h8,11,13,16,21-22,24,26,36,38H,4-7,9,12,14-15,17H2,1-3H3. The lowest BCUT2D eigenvalue weighted by atomic mass is 9.45. The molecule has 2 heterocycles. The molecule has 3 saturated carbocycles. The second-order valence-electron chi connectivity index (χ2n) is 12.6. The molecular formula is C30H37N5O3S. The minimum Gasteiger partial charge on any atom is -0.393 e. The van der Waals surface area contributed by atoms with Crippen molar-refractivity contribution in [3.8, 4) is 6.07 Å². The van der Waals surface area contributed by atoms with Gasteiger partial charge >= 0.3 is 0 Å². The zero-order valence-corrected chi connectivity index (χ0v) is 23.7. The maximum Gasteiger partial charge on any atom is 0.188 e. The molecule has 4 aliphatic carbocycles. The molecule has 3 fully saturated rings. The number of nitriles is 1. The SMILES string of the molecule is Cc1ccnc(SCC(=O)C2(O)CCC3C4CCC5=Cc6c(cnn6CCC#N)CC5(C)C4C(O)CC32C)n1. The van der Waals surface area contributed by atoms with Crippen LogP contribution < -0.4 is 0 Å². The number of aryl methyl sites for hydroxylation is 2. The lowest BCUT2D eigenvalue weighted by molar-refractivity contribution is -0.177. The fourth-order valence-electron chi connectivity index (χ4n) is 8.78. The first kappa shape index (κ1) is 26.7. The number of fused-ring (bicyclic) bond motifs is 6. The molecular weight excluding hydrogens is 510 g/mol. The summed E-state index contributed by atoms with van der Waals surface area (Å²) in [5.41, 5.74) is 2.16. The number of aromatic nitrogens is 4. The van der Waals surface area contributed by atoms with Crippen LogP contribution in [0, 0.1) is 46.8 Å². The molecule has 0 saturated heterocycles. The molecule has 0 spiro atoms. The van der Waals surface area contributed by atoms with Crippen LogP contribution in [0.4, 0.5) is 0 Å². The van der Waals surface area contributed by atoms with Crippen LogP contribution in [0.2, 0.25) is 0 Å². The van der Waals surface area contributed by atoms with E-state index in [1.54, 1.807) is 6.20 Å². The molecule has 39 heavy (non-hydrogen) atoms. The molecule has 206 valence electrons. The maximum absolute atomic E-state index is 13.6. The van der Waals surface area contributed by atoms with Gasteiger partial charge in [0.2, 0.25) is 0 Å². The summed E-state index contributed by atoms with van der Waals surface area (Å²) in [5, 5.41) is 38.0. The van der Waals surface area contributed by atoms with Gasteiger partial charge in [-0.05, 0) is 86.3 Å². The molecule has 8 nitrogen and oxygen atoms in total. The van der Waals surface area contributed by atoms with Gasteiger partial charge in [-0.25, -0.2) is 9.97 Å². The topological polar surface area (TPSA) is 125 Å². The first-order chi connectivity index (χ1) is 18.6. The molecule has 0 bridgehead atoms. The van der Waals surface area contributed by atoms with E-state index >= 15 is 0 Å². The molecule has 0 aromatic carbocycles. The van der Waals surface area contributed by atoms with Gasteiger partial charge in [0.05, 0.1) is 42.8 Å². The maximum atomic E-state index is 13.6.